The van der Waals surface area contributed by atoms with E-state index in [-0.39, 0.29) is 12.5 Å². The number of anilines is 1. The number of pyridine rings is 1. The highest BCUT2D eigenvalue weighted by molar-refractivity contribution is 5.97. The van der Waals surface area contributed by atoms with Gasteiger partial charge in [-0.15, -0.1) is 0 Å². The average Bonchev–Trinajstić information content (AvgIpc) is 2.97. The molecule has 1 aromatic carbocycles. The Bertz CT molecular complexity index is 915. The van der Waals surface area contributed by atoms with Gasteiger partial charge in [-0.05, 0) is 43.2 Å². The Morgan fingerprint density at radius 2 is 2.08 bits per heavy atom. The smallest absolute Gasteiger partial charge is 0.250 e. The van der Waals surface area contributed by atoms with E-state index in [2.05, 4.69) is 23.4 Å². The summed E-state index contributed by atoms with van der Waals surface area (Å²) in [5, 5.41) is 8.15. The normalized spacial score (nSPS) is 11.0. The number of fused-ring (bicyclic) bond motifs is 1. The number of ether oxygens (including phenoxy) is 1. The number of methoxy groups -OCH3 is 1. The first-order chi connectivity index (χ1) is 11.5. The predicted molar refractivity (Wildman–Crippen MR) is 93.9 cm³/mol. The fraction of sp³-hybridized carbons (Fsp3) is 0.278. The molecule has 0 atom stereocenters. The molecule has 0 saturated carbocycles. The molecule has 0 fully saturated rings. The van der Waals surface area contributed by atoms with Crippen LogP contribution in [0.1, 0.15) is 11.1 Å². The molecular weight excluding hydrogens is 304 g/mol. The van der Waals surface area contributed by atoms with Crippen LogP contribution in [0.4, 0.5) is 5.69 Å². The van der Waals surface area contributed by atoms with Crippen molar-refractivity contribution in [3.8, 4) is 11.4 Å². The molecule has 2 aromatic heterocycles. The van der Waals surface area contributed by atoms with Gasteiger partial charge < -0.3 is 10.1 Å². The van der Waals surface area contributed by atoms with Crippen LogP contribution >= 0.6 is 0 Å². The molecular formula is C18H20N4O2. The fourth-order valence-electron chi connectivity index (χ4n) is 2.81. The third-order valence-electron chi connectivity index (χ3n) is 4.07. The van der Waals surface area contributed by atoms with Crippen molar-refractivity contribution in [1.82, 2.24) is 14.8 Å². The molecule has 0 bridgehead atoms. The lowest BCUT2D eigenvalue weighted by atomic mass is 10.0. The summed E-state index contributed by atoms with van der Waals surface area (Å²) in [4.78, 5) is 16.6. The number of aryl methyl sites for hydroxylation is 3. The number of nitrogens with zero attached hydrogens (tertiary/aromatic N) is 3. The number of aromatic nitrogens is 3. The second-order valence-electron chi connectivity index (χ2n) is 5.78. The van der Waals surface area contributed by atoms with Crippen molar-refractivity contribution in [2.75, 3.05) is 19.0 Å². The Morgan fingerprint density at radius 3 is 2.75 bits per heavy atom. The molecule has 6 heteroatoms. The van der Waals surface area contributed by atoms with Gasteiger partial charge in [-0.25, -0.2) is 4.98 Å². The molecule has 1 N–H and O–H groups in total. The number of carbonyl (C=O) groups is 1. The molecule has 24 heavy (non-hydrogen) atoms. The molecule has 0 aliphatic carbocycles. The van der Waals surface area contributed by atoms with Crippen LogP contribution in [0.25, 0.3) is 22.3 Å². The van der Waals surface area contributed by atoms with Gasteiger partial charge in [0.15, 0.2) is 0 Å². The van der Waals surface area contributed by atoms with E-state index in [9.17, 15) is 4.79 Å². The summed E-state index contributed by atoms with van der Waals surface area (Å²) in [7, 11) is 3.39. The molecule has 124 valence electrons. The highest BCUT2D eigenvalue weighted by Gasteiger charge is 2.13. The maximum atomic E-state index is 11.8. The van der Waals surface area contributed by atoms with Crippen molar-refractivity contribution >= 4 is 22.5 Å². The lowest BCUT2D eigenvalue weighted by molar-refractivity contribution is -0.119. The number of hydrogen-bond acceptors (Lipinski definition) is 4. The first kappa shape index (κ1) is 16.1. The fourth-order valence-corrected chi connectivity index (χ4v) is 2.81. The van der Waals surface area contributed by atoms with E-state index in [0.717, 1.165) is 39.1 Å². The van der Waals surface area contributed by atoms with Crippen molar-refractivity contribution < 1.29 is 9.53 Å². The zero-order chi connectivity index (χ0) is 17.3. The summed E-state index contributed by atoms with van der Waals surface area (Å²) in [6.45, 7) is 4.05. The topological polar surface area (TPSA) is 69.0 Å². The highest BCUT2D eigenvalue weighted by atomic mass is 16.5. The number of carbonyl (C=O) groups excluding carboxylic acids is 1. The summed E-state index contributed by atoms with van der Waals surface area (Å²) in [6.07, 6.45) is 1.75. The largest absolute Gasteiger partial charge is 0.375 e. The number of rotatable bonds is 4. The average molecular weight is 324 g/mol. The summed E-state index contributed by atoms with van der Waals surface area (Å²) in [5.41, 5.74) is 5.51. The Balaban J connectivity index is 2.12. The van der Waals surface area contributed by atoms with Crippen LogP contribution < -0.4 is 5.32 Å². The predicted octanol–water partition coefficient (Wildman–Crippen LogP) is 2.84. The third-order valence-corrected chi connectivity index (χ3v) is 4.07. The molecule has 6 nitrogen and oxygen atoms in total. The van der Waals surface area contributed by atoms with E-state index < -0.39 is 0 Å². The Hall–Kier alpha value is -2.73. The van der Waals surface area contributed by atoms with Gasteiger partial charge in [0.1, 0.15) is 6.61 Å². The molecule has 1 amide bonds. The summed E-state index contributed by atoms with van der Waals surface area (Å²) in [6, 6.07) is 7.89. The molecule has 0 saturated heterocycles. The zero-order valence-corrected chi connectivity index (χ0v) is 14.3. The first-order valence-electron chi connectivity index (χ1n) is 7.69. The lowest BCUT2D eigenvalue weighted by Crippen LogP contribution is -2.17. The number of hydrogen-bond donors (Lipinski definition) is 1. The first-order valence-corrected chi connectivity index (χ1v) is 7.69. The van der Waals surface area contributed by atoms with E-state index in [1.807, 2.05) is 32.2 Å². The van der Waals surface area contributed by atoms with Crippen LogP contribution in [0.15, 0.2) is 30.5 Å². The lowest BCUT2D eigenvalue weighted by Gasteiger charge is -2.13. The maximum absolute atomic E-state index is 11.8. The maximum Gasteiger partial charge on any atom is 0.250 e. The van der Waals surface area contributed by atoms with E-state index in [0.29, 0.717) is 0 Å². The van der Waals surface area contributed by atoms with E-state index >= 15 is 0 Å². The van der Waals surface area contributed by atoms with Gasteiger partial charge in [-0.1, -0.05) is 6.07 Å². The minimum absolute atomic E-state index is 0.0268. The van der Waals surface area contributed by atoms with Crippen LogP contribution in [0.5, 0.6) is 0 Å². The SMILES string of the molecule is COCC(=O)Nc1ccc2c(C)cc(-c3ccnn3C)nc2c1C. The molecule has 0 unspecified atom stereocenters. The van der Waals surface area contributed by atoms with Gasteiger partial charge in [0.2, 0.25) is 5.91 Å². The molecule has 0 spiro atoms. The van der Waals surface area contributed by atoms with Crippen LogP contribution in [0.2, 0.25) is 0 Å². The summed E-state index contributed by atoms with van der Waals surface area (Å²) < 4.78 is 6.66. The van der Waals surface area contributed by atoms with Gasteiger partial charge in [0, 0.05) is 31.4 Å². The third kappa shape index (κ3) is 2.88. The standard InChI is InChI=1S/C18H20N4O2/c1-11-9-15(16-7-8-19-22(16)3)21-18-12(2)14(6-5-13(11)18)20-17(23)10-24-4/h5-9H,10H2,1-4H3,(H,20,23). The monoisotopic (exact) mass is 324 g/mol. The second-order valence-corrected chi connectivity index (χ2v) is 5.78. The summed E-state index contributed by atoms with van der Waals surface area (Å²) in [5.74, 6) is -0.181. The van der Waals surface area contributed by atoms with Crippen molar-refractivity contribution in [2.24, 2.45) is 7.05 Å². The van der Waals surface area contributed by atoms with Gasteiger partial charge in [-0.2, -0.15) is 5.10 Å². The van der Waals surface area contributed by atoms with Crippen LogP contribution in [-0.2, 0) is 16.6 Å². The van der Waals surface area contributed by atoms with Gasteiger partial charge >= 0.3 is 0 Å². The number of amides is 1. The molecule has 2 heterocycles. The van der Waals surface area contributed by atoms with Crippen LogP contribution in [0, 0.1) is 13.8 Å². The molecule has 0 aliphatic heterocycles. The van der Waals surface area contributed by atoms with Crippen molar-refractivity contribution in [1.29, 1.82) is 0 Å². The van der Waals surface area contributed by atoms with Crippen LogP contribution in [-0.4, -0.2) is 34.4 Å². The number of benzene rings is 1. The van der Waals surface area contributed by atoms with Gasteiger partial charge in [-0.3, -0.25) is 9.48 Å². The van der Waals surface area contributed by atoms with E-state index in [1.165, 1.54) is 7.11 Å². The Kier molecular flexibility index (Phi) is 4.31. The van der Waals surface area contributed by atoms with E-state index in [1.54, 1.807) is 10.9 Å². The molecule has 0 radical (unpaired) electrons. The number of nitrogens with one attached hydrogen (secondary N) is 1. The van der Waals surface area contributed by atoms with Crippen LogP contribution in [0.3, 0.4) is 0 Å². The highest BCUT2D eigenvalue weighted by Crippen LogP contribution is 2.29. The Labute approximate surface area is 140 Å². The molecule has 0 aliphatic rings. The minimum Gasteiger partial charge on any atom is -0.375 e. The van der Waals surface area contributed by atoms with E-state index in [4.69, 9.17) is 9.72 Å². The van der Waals surface area contributed by atoms with Crippen molar-refractivity contribution in [3.63, 3.8) is 0 Å². The van der Waals surface area contributed by atoms with Crippen molar-refractivity contribution in [2.45, 2.75) is 13.8 Å². The van der Waals surface area contributed by atoms with Gasteiger partial charge in [0.05, 0.1) is 16.9 Å². The summed E-state index contributed by atoms with van der Waals surface area (Å²) >= 11 is 0. The Morgan fingerprint density at radius 1 is 1.29 bits per heavy atom. The second kappa shape index (κ2) is 6.41. The van der Waals surface area contributed by atoms with Gasteiger partial charge in [0.25, 0.3) is 0 Å². The molecule has 3 aromatic rings. The zero-order valence-electron chi connectivity index (χ0n) is 14.3. The quantitative estimate of drug-likeness (QED) is 0.801. The van der Waals surface area contributed by atoms with Crippen molar-refractivity contribution in [3.05, 3.63) is 41.6 Å². The molecule has 3 rings (SSSR count). The minimum atomic E-state index is -0.181.